The molecule has 0 aliphatic heterocycles. The molecular weight excluding hydrogens is 228 g/mol. The third-order valence-electron chi connectivity index (χ3n) is 2.93. The predicted molar refractivity (Wildman–Crippen MR) is 74.8 cm³/mol. The number of hydrogen-bond donors (Lipinski definition) is 1. The van der Waals surface area contributed by atoms with E-state index in [9.17, 15) is 0 Å². The second-order valence-corrected chi connectivity index (χ2v) is 5.85. The molecule has 0 spiro atoms. The van der Waals surface area contributed by atoms with Gasteiger partial charge in [0.15, 0.2) is 0 Å². The third kappa shape index (κ3) is 2.86. The number of rotatable bonds is 4. The fraction of sp³-hybridized carbons (Fsp3) is 0.357. The van der Waals surface area contributed by atoms with Crippen molar-refractivity contribution in [3.05, 3.63) is 46.4 Å². The van der Waals surface area contributed by atoms with Gasteiger partial charge < -0.3 is 5.32 Å². The summed E-state index contributed by atoms with van der Waals surface area (Å²) in [6.45, 7) is 7.54. The number of thiophene rings is 1. The molecule has 3 heteroatoms. The molecule has 0 atom stereocenters. The summed E-state index contributed by atoms with van der Waals surface area (Å²) in [5, 5.41) is 5.64. The van der Waals surface area contributed by atoms with Crippen molar-refractivity contribution < 1.29 is 0 Å². The molecule has 0 aliphatic carbocycles. The average Bonchev–Trinajstić information content (AvgIpc) is 2.82. The van der Waals surface area contributed by atoms with Crippen molar-refractivity contribution in [2.75, 3.05) is 11.9 Å². The lowest BCUT2D eigenvalue weighted by molar-refractivity contribution is 0.569. The van der Waals surface area contributed by atoms with Crippen molar-refractivity contribution >= 4 is 17.0 Å². The summed E-state index contributed by atoms with van der Waals surface area (Å²) in [6.07, 6.45) is 3.72. The van der Waals surface area contributed by atoms with Gasteiger partial charge >= 0.3 is 0 Å². The molecule has 2 aromatic rings. The molecule has 1 N–H and O–H groups in total. The number of anilines is 1. The highest BCUT2D eigenvalue weighted by molar-refractivity contribution is 7.10. The van der Waals surface area contributed by atoms with Gasteiger partial charge in [0.05, 0.1) is 0 Å². The zero-order valence-corrected chi connectivity index (χ0v) is 11.3. The summed E-state index contributed by atoms with van der Waals surface area (Å²) in [6, 6.07) is 6.34. The number of aromatic nitrogens is 1. The average molecular weight is 246 g/mol. The molecule has 0 bridgehead atoms. The van der Waals surface area contributed by atoms with Crippen LogP contribution in [0.1, 0.15) is 24.3 Å². The molecule has 2 heterocycles. The maximum Gasteiger partial charge on any atom is 0.0401 e. The Hall–Kier alpha value is -1.35. The summed E-state index contributed by atoms with van der Waals surface area (Å²) >= 11 is 1.82. The van der Waals surface area contributed by atoms with Crippen LogP contribution in [-0.4, -0.2) is 11.5 Å². The molecule has 0 aliphatic rings. The van der Waals surface area contributed by atoms with Crippen molar-refractivity contribution in [3.8, 4) is 0 Å². The van der Waals surface area contributed by atoms with Gasteiger partial charge in [-0.1, -0.05) is 19.9 Å². The van der Waals surface area contributed by atoms with Crippen LogP contribution in [0.3, 0.4) is 0 Å². The Morgan fingerprint density at radius 3 is 2.82 bits per heavy atom. The zero-order valence-electron chi connectivity index (χ0n) is 10.5. The Labute approximate surface area is 107 Å². The lowest BCUT2D eigenvalue weighted by Gasteiger charge is -2.24. The Morgan fingerprint density at radius 2 is 2.18 bits per heavy atom. The van der Waals surface area contributed by atoms with Gasteiger partial charge in [-0.15, -0.1) is 11.3 Å². The van der Waals surface area contributed by atoms with Crippen molar-refractivity contribution in [2.45, 2.75) is 26.2 Å². The van der Waals surface area contributed by atoms with Crippen LogP contribution in [0.5, 0.6) is 0 Å². The highest BCUT2D eigenvalue weighted by Crippen LogP contribution is 2.28. The molecule has 2 rings (SSSR count). The van der Waals surface area contributed by atoms with Crippen LogP contribution >= 0.6 is 11.3 Å². The monoisotopic (exact) mass is 246 g/mol. The minimum Gasteiger partial charge on any atom is -0.384 e. The van der Waals surface area contributed by atoms with Crippen LogP contribution < -0.4 is 5.32 Å². The molecule has 0 fully saturated rings. The van der Waals surface area contributed by atoms with Crippen LogP contribution in [0.4, 0.5) is 5.69 Å². The van der Waals surface area contributed by atoms with Crippen molar-refractivity contribution in [2.24, 2.45) is 0 Å². The highest BCUT2D eigenvalue weighted by atomic mass is 32.1. The maximum absolute atomic E-state index is 4.10. The molecule has 0 aromatic carbocycles. The van der Waals surface area contributed by atoms with E-state index in [4.69, 9.17) is 0 Å². The van der Waals surface area contributed by atoms with Crippen molar-refractivity contribution in [1.29, 1.82) is 0 Å². The van der Waals surface area contributed by atoms with Gasteiger partial charge in [-0.3, -0.25) is 4.98 Å². The highest BCUT2D eigenvalue weighted by Gasteiger charge is 2.21. The molecule has 2 nitrogen and oxygen atoms in total. The number of nitrogens with one attached hydrogen (secondary N) is 1. The van der Waals surface area contributed by atoms with Gasteiger partial charge in [-0.2, -0.15) is 0 Å². The first-order valence-electron chi connectivity index (χ1n) is 5.78. The van der Waals surface area contributed by atoms with E-state index in [-0.39, 0.29) is 5.41 Å². The topological polar surface area (TPSA) is 24.9 Å². The van der Waals surface area contributed by atoms with Crippen LogP contribution in [0.2, 0.25) is 0 Å². The Kier molecular flexibility index (Phi) is 3.48. The molecule has 0 amide bonds. The number of pyridine rings is 1. The molecule has 0 saturated carbocycles. The minimum atomic E-state index is 0.157. The second-order valence-electron chi connectivity index (χ2n) is 4.91. The Balaban J connectivity index is 2.06. The molecule has 0 radical (unpaired) electrons. The maximum atomic E-state index is 4.10. The van der Waals surface area contributed by atoms with Gasteiger partial charge in [0.2, 0.25) is 0 Å². The van der Waals surface area contributed by atoms with E-state index >= 15 is 0 Å². The van der Waals surface area contributed by atoms with E-state index in [0.29, 0.717) is 0 Å². The van der Waals surface area contributed by atoms with Gasteiger partial charge in [-0.25, -0.2) is 0 Å². The van der Waals surface area contributed by atoms with Crippen LogP contribution in [0, 0.1) is 6.92 Å². The van der Waals surface area contributed by atoms with E-state index in [1.807, 2.05) is 29.8 Å². The molecule has 2 aromatic heterocycles. The van der Waals surface area contributed by atoms with Crippen LogP contribution in [-0.2, 0) is 5.41 Å². The zero-order chi connectivity index (χ0) is 12.3. The molecule has 17 heavy (non-hydrogen) atoms. The fourth-order valence-electron chi connectivity index (χ4n) is 1.74. The molecular formula is C14H18N2S. The minimum absolute atomic E-state index is 0.157. The third-order valence-corrected chi connectivity index (χ3v) is 4.17. The van der Waals surface area contributed by atoms with E-state index in [1.165, 1.54) is 16.1 Å². The van der Waals surface area contributed by atoms with E-state index in [0.717, 1.165) is 6.54 Å². The Bertz CT molecular complexity index is 475. The lowest BCUT2D eigenvalue weighted by atomic mass is 9.91. The van der Waals surface area contributed by atoms with Gasteiger partial charge in [0.25, 0.3) is 0 Å². The van der Waals surface area contributed by atoms with Crippen molar-refractivity contribution in [1.82, 2.24) is 4.98 Å². The summed E-state index contributed by atoms with van der Waals surface area (Å²) in [5.41, 5.74) is 2.52. The van der Waals surface area contributed by atoms with Gasteiger partial charge in [0.1, 0.15) is 0 Å². The second kappa shape index (κ2) is 4.88. The Morgan fingerprint density at radius 1 is 1.35 bits per heavy atom. The number of nitrogens with zero attached hydrogens (tertiary/aromatic N) is 1. The number of hydrogen-bond acceptors (Lipinski definition) is 3. The molecule has 90 valence electrons. The smallest absolute Gasteiger partial charge is 0.0401 e. The van der Waals surface area contributed by atoms with E-state index in [2.05, 4.69) is 48.6 Å². The van der Waals surface area contributed by atoms with Gasteiger partial charge in [-0.05, 0) is 30.0 Å². The first-order chi connectivity index (χ1) is 8.09. The van der Waals surface area contributed by atoms with E-state index < -0.39 is 0 Å². The standard InChI is InChI=1S/C14H18N2S/c1-11-9-15-7-6-12(11)16-10-14(2,3)13-5-4-8-17-13/h4-9H,10H2,1-3H3,(H,15,16). The van der Waals surface area contributed by atoms with Crippen LogP contribution in [0.25, 0.3) is 0 Å². The van der Waals surface area contributed by atoms with Crippen molar-refractivity contribution in [3.63, 3.8) is 0 Å². The molecule has 0 saturated heterocycles. The largest absolute Gasteiger partial charge is 0.384 e. The summed E-state index contributed by atoms with van der Waals surface area (Å²) < 4.78 is 0. The lowest BCUT2D eigenvalue weighted by Crippen LogP contribution is -2.26. The first kappa shape index (κ1) is 12.1. The SMILES string of the molecule is Cc1cnccc1NCC(C)(C)c1cccs1. The first-order valence-corrected chi connectivity index (χ1v) is 6.66. The summed E-state index contributed by atoms with van der Waals surface area (Å²) in [4.78, 5) is 5.51. The normalized spacial score (nSPS) is 11.5. The van der Waals surface area contributed by atoms with Gasteiger partial charge in [0, 0.05) is 34.9 Å². The van der Waals surface area contributed by atoms with Crippen LogP contribution in [0.15, 0.2) is 36.0 Å². The fourth-order valence-corrected chi connectivity index (χ4v) is 2.59. The predicted octanol–water partition coefficient (Wildman–Crippen LogP) is 3.84. The van der Waals surface area contributed by atoms with E-state index in [1.54, 1.807) is 0 Å². The summed E-state index contributed by atoms with van der Waals surface area (Å²) in [7, 11) is 0. The quantitative estimate of drug-likeness (QED) is 0.886. The molecule has 0 unspecified atom stereocenters. The summed E-state index contributed by atoms with van der Waals surface area (Å²) in [5.74, 6) is 0. The number of aryl methyl sites for hydroxylation is 1.